The maximum absolute atomic E-state index is 8.52. The van der Waals surface area contributed by atoms with Crippen molar-refractivity contribution < 1.29 is 20.6 Å². The molecule has 9 rings (SSSR count). The molecule has 0 bridgehead atoms. The van der Waals surface area contributed by atoms with Crippen LogP contribution in [0.3, 0.4) is 0 Å². The monoisotopic (exact) mass is 890 g/mol. The second-order valence-electron chi connectivity index (χ2n) is 15.0. The predicted octanol–water partition coefficient (Wildman–Crippen LogP) is 6.00. The van der Waals surface area contributed by atoms with Gasteiger partial charge in [0.05, 0.1) is 0 Å². The number of benzene rings is 8. The maximum atomic E-state index is 8.52. The highest BCUT2D eigenvalue weighted by atomic mass is 28.5. The quantitative estimate of drug-likeness (QED) is 0.158. The Morgan fingerprint density at radius 3 is 0.597 bits per heavy atom. The van der Waals surface area contributed by atoms with Gasteiger partial charge in [0.15, 0.2) is 0 Å². The van der Waals surface area contributed by atoms with Crippen molar-refractivity contribution in [2.75, 3.05) is 0 Å². The molecule has 1 fully saturated rings. The van der Waals surface area contributed by atoms with E-state index in [1.807, 2.05) is 84.2 Å². The molecule has 1 heterocycles. The Morgan fingerprint density at radius 1 is 0.226 bits per heavy atom. The minimum absolute atomic E-state index is 0.862. The van der Waals surface area contributed by atoms with Crippen LogP contribution in [0.25, 0.3) is 0 Å². The van der Waals surface area contributed by atoms with Crippen LogP contribution in [-0.4, -0.2) is 42.8 Å². The van der Waals surface area contributed by atoms with Gasteiger partial charge in [0.2, 0.25) is 0 Å². The Morgan fingerprint density at radius 2 is 0.403 bits per heavy atom. The van der Waals surface area contributed by atoms with Crippen molar-refractivity contribution in [3.05, 3.63) is 267 Å². The molecule has 0 saturated carbocycles. The van der Waals surface area contributed by atoms with Crippen molar-refractivity contribution in [1.82, 2.24) is 0 Å². The lowest BCUT2D eigenvalue weighted by molar-refractivity contribution is 0.267. The van der Waals surface area contributed by atoms with Gasteiger partial charge in [0, 0.05) is 0 Å². The summed E-state index contributed by atoms with van der Waals surface area (Å²) in [6, 6.07) is 82.8. The summed E-state index contributed by atoms with van der Waals surface area (Å²) in [5, 5.41) is 7.13. The molecule has 0 aliphatic carbocycles. The van der Waals surface area contributed by atoms with Gasteiger partial charge in [0.1, 0.15) is 0 Å². The SMILES string of the molecule is C=C[Si]1(c2ccccc2)O[Si](C=C)(c2ccccc2)O[Si](c2ccccc2)(c2ccccc2)O[Si](c2ccccc2)(c2ccccc2)O[Si](c2ccccc2)(c2ccccc2)O1. The summed E-state index contributed by atoms with van der Waals surface area (Å²) in [6.45, 7) is 9.23. The van der Waals surface area contributed by atoms with Gasteiger partial charge in [0.25, 0.3) is 0 Å². The Labute approximate surface area is 370 Å². The lowest BCUT2D eigenvalue weighted by Gasteiger charge is -2.52. The van der Waals surface area contributed by atoms with E-state index in [1.54, 1.807) is 0 Å². The average molecular weight is 891 g/mol. The smallest absolute Gasteiger partial charge is 0.390 e. The van der Waals surface area contributed by atoms with Crippen LogP contribution in [-0.2, 0) is 20.6 Å². The van der Waals surface area contributed by atoms with Gasteiger partial charge in [-0.1, -0.05) is 243 Å². The van der Waals surface area contributed by atoms with E-state index in [-0.39, 0.29) is 0 Å². The number of hydrogen-bond acceptors (Lipinski definition) is 5. The molecule has 0 aromatic heterocycles. The van der Waals surface area contributed by atoms with Gasteiger partial charge in [-0.25, -0.2) is 0 Å². The molecule has 8 aromatic carbocycles. The second-order valence-corrected chi connectivity index (χ2v) is 30.9. The molecule has 1 saturated heterocycles. The fourth-order valence-electron chi connectivity index (χ4n) is 8.29. The third kappa shape index (κ3) is 7.56. The fourth-order valence-corrected chi connectivity index (χ4v) is 34.9. The van der Waals surface area contributed by atoms with Gasteiger partial charge in [-0.15, -0.1) is 13.2 Å². The summed E-state index contributed by atoms with van der Waals surface area (Å²) in [5.41, 5.74) is 3.81. The van der Waals surface area contributed by atoms with Gasteiger partial charge >= 0.3 is 42.8 Å². The van der Waals surface area contributed by atoms with Crippen LogP contribution in [0.5, 0.6) is 0 Å². The zero-order valence-corrected chi connectivity index (χ0v) is 39.2. The first-order valence-electron chi connectivity index (χ1n) is 20.7. The Balaban J connectivity index is 1.53. The third-order valence-corrected chi connectivity index (χ3v) is 32.9. The van der Waals surface area contributed by atoms with Crippen LogP contribution < -0.4 is 41.5 Å². The van der Waals surface area contributed by atoms with Gasteiger partial charge in [-0.05, 0) is 52.9 Å². The van der Waals surface area contributed by atoms with Crippen molar-refractivity contribution >= 4 is 84.3 Å². The fraction of sp³-hybridized carbons (Fsp3) is 0. The highest BCUT2D eigenvalue weighted by molar-refractivity contribution is 7.14. The highest BCUT2D eigenvalue weighted by Crippen LogP contribution is 2.33. The van der Waals surface area contributed by atoms with Crippen LogP contribution in [0.15, 0.2) is 267 Å². The van der Waals surface area contributed by atoms with E-state index in [0.29, 0.717) is 0 Å². The second kappa shape index (κ2) is 17.8. The molecule has 2 unspecified atom stereocenters. The van der Waals surface area contributed by atoms with Crippen LogP contribution in [0, 0.1) is 0 Å². The topological polar surface area (TPSA) is 46.2 Å². The van der Waals surface area contributed by atoms with Crippen LogP contribution in [0.4, 0.5) is 0 Å². The van der Waals surface area contributed by atoms with Crippen molar-refractivity contribution in [2.45, 2.75) is 0 Å². The van der Waals surface area contributed by atoms with Crippen molar-refractivity contribution in [1.29, 1.82) is 0 Å². The minimum atomic E-state index is -4.13. The van der Waals surface area contributed by atoms with E-state index in [0.717, 1.165) is 41.5 Å². The standard InChI is InChI=1S/C52H46O5Si5/c1-3-58(45-29-13-5-14-30-45)53-59(4-2,46-31-15-6-16-32-46)55-61(49-37-21-9-22-38-49,50-39-23-10-24-40-50)57-62(51-41-25-11-26-42-51,52-43-27-12-28-44-52)56-60(54-58,47-33-17-7-18-34-47)48-35-19-8-20-36-48/h3-44H,1-2H2. The number of rotatable bonds is 10. The van der Waals surface area contributed by atoms with E-state index in [9.17, 15) is 0 Å². The first kappa shape index (κ1) is 41.5. The first-order valence-corrected chi connectivity index (χ1v) is 30.0. The maximum Gasteiger partial charge on any atom is 0.390 e. The summed E-state index contributed by atoms with van der Waals surface area (Å²) in [5.74, 6) is 0. The molecule has 62 heavy (non-hydrogen) atoms. The predicted molar refractivity (Wildman–Crippen MR) is 263 cm³/mol. The van der Waals surface area contributed by atoms with Gasteiger partial charge in [-0.3, -0.25) is 0 Å². The lowest BCUT2D eigenvalue weighted by atomic mass is 10.4. The van der Waals surface area contributed by atoms with E-state index in [1.165, 1.54) is 0 Å². The van der Waals surface area contributed by atoms with Crippen LogP contribution in [0.2, 0.25) is 0 Å². The first-order chi connectivity index (χ1) is 30.5. The Kier molecular flexibility index (Phi) is 11.9. The summed E-state index contributed by atoms with van der Waals surface area (Å²) in [4.78, 5) is 0. The average Bonchev–Trinajstić information content (AvgIpc) is 3.37. The largest absolute Gasteiger partial charge is 0.403 e. The zero-order chi connectivity index (χ0) is 42.4. The molecular weight excluding hydrogens is 845 g/mol. The molecule has 1 aliphatic rings. The molecule has 0 spiro atoms. The van der Waals surface area contributed by atoms with Crippen molar-refractivity contribution in [2.24, 2.45) is 0 Å². The van der Waals surface area contributed by atoms with Crippen molar-refractivity contribution in [3.8, 4) is 0 Å². The van der Waals surface area contributed by atoms with Crippen LogP contribution in [0.1, 0.15) is 0 Å². The molecule has 304 valence electrons. The molecule has 2 atom stereocenters. The summed E-state index contributed by atoms with van der Waals surface area (Å²) in [7, 11) is -20.3. The summed E-state index contributed by atoms with van der Waals surface area (Å²) in [6.07, 6.45) is 0. The summed E-state index contributed by atoms with van der Waals surface area (Å²) < 4.78 is 41.6. The molecule has 1 aliphatic heterocycles. The molecule has 10 heteroatoms. The molecule has 5 nitrogen and oxygen atoms in total. The molecule has 8 aromatic rings. The highest BCUT2D eigenvalue weighted by Gasteiger charge is 2.66. The van der Waals surface area contributed by atoms with E-state index in [2.05, 4.69) is 183 Å². The number of hydrogen-bond donors (Lipinski definition) is 0. The zero-order valence-electron chi connectivity index (χ0n) is 34.2. The molecule has 0 radical (unpaired) electrons. The van der Waals surface area contributed by atoms with Gasteiger partial charge < -0.3 is 20.6 Å². The Bertz CT molecular complexity index is 2440. The normalized spacial score (nSPS) is 20.6. The molecular formula is C52H46O5Si5. The van der Waals surface area contributed by atoms with E-state index >= 15 is 0 Å². The third-order valence-electron chi connectivity index (χ3n) is 11.3. The van der Waals surface area contributed by atoms with Crippen molar-refractivity contribution in [3.63, 3.8) is 0 Å². The van der Waals surface area contributed by atoms with Crippen LogP contribution >= 0.6 is 0 Å². The van der Waals surface area contributed by atoms with E-state index in [4.69, 9.17) is 20.6 Å². The van der Waals surface area contributed by atoms with Gasteiger partial charge in [-0.2, -0.15) is 0 Å². The Hall–Kier alpha value is -5.88. The minimum Gasteiger partial charge on any atom is -0.403 e. The van der Waals surface area contributed by atoms with E-state index < -0.39 is 42.8 Å². The molecule has 0 amide bonds. The molecule has 0 N–H and O–H groups in total. The summed E-state index contributed by atoms with van der Waals surface area (Å²) >= 11 is 0. The lowest BCUT2D eigenvalue weighted by Crippen LogP contribution is -2.85.